The number of carboxylic acid groups (broad SMARTS) is 1. The number of aryl methyl sites for hydroxylation is 1. The van der Waals surface area contributed by atoms with Gasteiger partial charge in [-0.2, -0.15) is 13.2 Å². The summed E-state index contributed by atoms with van der Waals surface area (Å²) in [6, 6.07) is 3.85. The second kappa shape index (κ2) is 10.8. The number of aliphatic hydroxyl groups is 1. The largest absolute Gasteiger partial charge is 0.490 e. The molecule has 4 N–H and O–H groups in total. The van der Waals surface area contributed by atoms with Gasteiger partial charge in [-0.3, -0.25) is 4.98 Å². The van der Waals surface area contributed by atoms with Gasteiger partial charge in [0.05, 0.1) is 16.0 Å². The van der Waals surface area contributed by atoms with E-state index in [1.165, 1.54) is 11.8 Å². The number of aromatic amines is 1. The molecule has 0 aliphatic heterocycles. The van der Waals surface area contributed by atoms with Crippen molar-refractivity contribution in [1.29, 1.82) is 0 Å². The molecule has 0 radical (unpaired) electrons. The molecule has 0 saturated carbocycles. The van der Waals surface area contributed by atoms with Crippen LogP contribution in [0.25, 0.3) is 11.0 Å². The molecular formula is C18H19BrF3N5O3S. The molecule has 0 saturated heterocycles. The van der Waals surface area contributed by atoms with E-state index in [1.54, 1.807) is 19.3 Å². The molecule has 0 aliphatic rings. The normalized spacial score (nSPS) is 12.2. The standard InChI is InChI=1S/C16H18BrN5OS.C2HF3O2/c1-3-11-13(17)12-14(19-7-9(2)23)21-16(22-15(12)20-11)24-10-5-4-6-18-8-10;3-2(4,5)1(6)7/h4-6,8-9,23H,3,7H2,1-2H3,(H2,19,20,21,22);(H,6,7)/t9-;/m0./s1. The van der Waals surface area contributed by atoms with Crippen molar-refractivity contribution in [3.63, 3.8) is 0 Å². The molecule has 0 aromatic carbocycles. The minimum atomic E-state index is -5.08. The first-order chi connectivity index (χ1) is 14.5. The summed E-state index contributed by atoms with van der Waals surface area (Å²) >= 11 is 5.08. The fourth-order valence-corrected chi connectivity index (χ4v) is 3.76. The third-order valence-corrected chi connectivity index (χ3v) is 5.36. The number of rotatable bonds is 6. The van der Waals surface area contributed by atoms with Crippen LogP contribution in [-0.4, -0.2) is 54.9 Å². The number of fused-ring (bicyclic) bond motifs is 1. The summed E-state index contributed by atoms with van der Waals surface area (Å²) in [5.74, 6) is -2.05. The number of hydrogen-bond acceptors (Lipinski definition) is 7. The molecule has 0 bridgehead atoms. The lowest BCUT2D eigenvalue weighted by atomic mass is 10.3. The van der Waals surface area contributed by atoms with Crippen molar-refractivity contribution < 1.29 is 28.2 Å². The van der Waals surface area contributed by atoms with Crippen molar-refractivity contribution in [3.05, 3.63) is 34.7 Å². The van der Waals surface area contributed by atoms with Crippen LogP contribution in [-0.2, 0) is 11.2 Å². The summed E-state index contributed by atoms with van der Waals surface area (Å²) in [6.45, 7) is 4.24. The Bertz CT molecular complexity index is 1030. The van der Waals surface area contributed by atoms with Crippen LogP contribution < -0.4 is 5.32 Å². The first kappa shape index (κ1) is 24.9. The van der Waals surface area contributed by atoms with E-state index in [9.17, 15) is 18.3 Å². The van der Waals surface area contributed by atoms with Gasteiger partial charge in [-0.1, -0.05) is 6.92 Å². The number of halogens is 4. The molecule has 0 fully saturated rings. The van der Waals surface area contributed by atoms with Gasteiger partial charge in [0.15, 0.2) is 5.16 Å². The Morgan fingerprint density at radius 1 is 1.39 bits per heavy atom. The van der Waals surface area contributed by atoms with Crippen molar-refractivity contribution in [2.45, 2.75) is 42.6 Å². The molecule has 3 heterocycles. The minimum Gasteiger partial charge on any atom is -0.475 e. The van der Waals surface area contributed by atoms with Gasteiger partial charge in [-0.25, -0.2) is 14.8 Å². The van der Waals surface area contributed by atoms with Crippen LogP contribution in [0.2, 0.25) is 0 Å². The van der Waals surface area contributed by atoms with E-state index >= 15 is 0 Å². The number of nitrogens with one attached hydrogen (secondary N) is 2. The number of H-pyrrole nitrogens is 1. The van der Waals surface area contributed by atoms with Gasteiger partial charge in [0, 0.05) is 29.5 Å². The number of pyridine rings is 1. The third kappa shape index (κ3) is 7.08. The highest BCUT2D eigenvalue weighted by molar-refractivity contribution is 9.10. The quantitative estimate of drug-likeness (QED) is 0.355. The van der Waals surface area contributed by atoms with Gasteiger partial charge >= 0.3 is 12.1 Å². The average Bonchev–Trinajstić information content (AvgIpc) is 3.02. The molecule has 1 atom stereocenters. The van der Waals surface area contributed by atoms with Gasteiger partial charge in [-0.15, -0.1) is 0 Å². The lowest BCUT2D eigenvalue weighted by molar-refractivity contribution is -0.192. The third-order valence-electron chi connectivity index (χ3n) is 3.65. The molecule has 0 aliphatic carbocycles. The minimum absolute atomic E-state index is 0.419. The highest BCUT2D eigenvalue weighted by Crippen LogP contribution is 2.35. The summed E-state index contributed by atoms with van der Waals surface area (Å²) in [6.07, 6.45) is -1.17. The fraction of sp³-hybridized carbons (Fsp3) is 0.333. The summed E-state index contributed by atoms with van der Waals surface area (Å²) in [5, 5.41) is 21.4. The molecule has 3 aromatic rings. The van der Waals surface area contributed by atoms with Crippen molar-refractivity contribution in [2.75, 3.05) is 11.9 Å². The van der Waals surface area contributed by atoms with Gasteiger partial charge in [0.2, 0.25) is 0 Å². The van der Waals surface area contributed by atoms with Gasteiger partial charge in [-0.05, 0) is 53.2 Å². The second-order valence-electron chi connectivity index (χ2n) is 6.17. The van der Waals surface area contributed by atoms with E-state index in [1.807, 2.05) is 12.1 Å². The molecular weight excluding hydrogens is 503 g/mol. The second-order valence-corrected chi connectivity index (χ2v) is 8.01. The number of nitrogens with zero attached hydrogens (tertiary/aromatic N) is 3. The van der Waals surface area contributed by atoms with Crippen LogP contribution in [0, 0.1) is 0 Å². The zero-order valence-electron chi connectivity index (χ0n) is 16.4. The molecule has 168 valence electrons. The topological polar surface area (TPSA) is 124 Å². The van der Waals surface area contributed by atoms with Crippen LogP contribution in [0.1, 0.15) is 19.5 Å². The monoisotopic (exact) mass is 521 g/mol. The SMILES string of the molecule is CCc1[nH]c2nc(Sc3cccnc3)nc(NC[C@H](C)O)c2c1Br.O=C(O)C(F)(F)F. The Labute approximate surface area is 187 Å². The Morgan fingerprint density at radius 2 is 2.06 bits per heavy atom. The summed E-state index contributed by atoms with van der Waals surface area (Å²) < 4.78 is 32.7. The summed E-state index contributed by atoms with van der Waals surface area (Å²) in [4.78, 5) is 26.6. The summed E-state index contributed by atoms with van der Waals surface area (Å²) in [5.41, 5.74) is 1.84. The maximum atomic E-state index is 10.6. The zero-order valence-corrected chi connectivity index (χ0v) is 18.8. The highest BCUT2D eigenvalue weighted by Gasteiger charge is 2.38. The first-order valence-electron chi connectivity index (χ1n) is 8.90. The molecule has 0 unspecified atom stereocenters. The molecule has 13 heteroatoms. The van der Waals surface area contributed by atoms with Crippen molar-refractivity contribution in [1.82, 2.24) is 19.9 Å². The van der Waals surface area contributed by atoms with Crippen molar-refractivity contribution in [3.8, 4) is 0 Å². The van der Waals surface area contributed by atoms with E-state index in [4.69, 9.17) is 9.90 Å². The van der Waals surface area contributed by atoms with Crippen LogP contribution in [0.15, 0.2) is 39.1 Å². The zero-order chi connectivity index (χ0) is 23.2. The lowest BCUT2D eigenvalue weighted by Gasteiger charge is -2.10. The molecule has 8 nitrogen and oxygen atoms in total. The molecule has 0 amide bonds. The first-order valence-corrected chi connectivity index (χ1v) is 10.5. The number of carbonyl (C=O) groups is 1. The maximum absolute atomic E-state index is 10.6. The predicted octanol–water partition coefficient (Wildman–Crippen LogP) is 4.26. The van der Waals surface area contributed by atoms with Crippen LogP contribution in [0.5, 0.6) is 0 Å². The highest BCUT2D eigenvalue weighted by atomic mass is 79.9. The van der Waals surface area contributed by atoms with E-state index in [2.05, 4.69) is 48.1 Å². The Morgan fingerprint density at radius 3 is 2.58 bits per heavy atom. The predicted molar refractivity (Wildman–Crippen MR) is 113 cm³/mol. The Kier molecular flexibility index (Phi) is 8.65. The van der Waals surface area contributed by atoms with Gasteiger partial charge in [0.1, 0.15) is 11.5 Å². The van der Waals surface area contributed by atoms with Crippen LogP contribution >= 0.6 is 27.7 Å². The average molecular weight is 522 g/mol. The molecule has 3 rings (SSSR count). The Balaban J connectivity index is 0.000000423. The fourth-order valence-electron chi connectivity index (χ4n) is 2.26. The number of carboxylic acids is 1. The number of hydrogen-bond donors (Lipinski definition) is 4. The van der Waals surface area contributed by atoms with Gasteiger partial charge < -0.3 is 20.5 Å². The number of alkyl halides is 3. The van der Waals surface area contributed by atoms with E-state index < -0.39 is 18.2 Å². The van der Waals surface area contributed by atoms with Crippen LogP contribution in [0.3, 0.4) is 0 Å². The van der Waals surface area contributed by atoms with E-state index in [0.29, 0.717) is 17.5 Å². The van der Waals surface area contributed by atoms with Crippen molar-refractivity contribution >= 4 is 50.5 Å². The molecule has 0 spiro atoms. The number of aliphatic carboxylic acids is 1. The summed E-state index contributed by atoms with van der Waals surface area (Å²) in [7, 11) is 0. The maximum Gasteiger partial charge on any atom is 0.490 e. The van der Waals surface area contributed by atoms with Gasteiger partial charge in [0.25, 0.3) is 0 Å². The lowest BCUT2D eigenvalue weighted by Crippen LogP contribution is -2.21. The number of aromatic nitrogens is 4. The number of anilines is 1. The van der Waals surface area contributed by atoms with E-state index in [0.717, 1.165) is 32.5 Å². The van der Waals surface area contributed by atoms with Crippen LogP contribution in [0.4, 0.5) is 19.0 Å². The molecule has 3 aromatic heterocycles. The number of aliphatic hydroxyl groups excluding tert-OH is 1. The smallest absolute Gasteiger partial charge is 0.475 e. The van der Waals surface area contributed by atoms with E-state index in [-0.39, 0.29) is 0 Å². The molecule has 31 heavy (non-hydrogen) atoms. The van der Waals surface area contributed by atoms with Crippen molar-refractivity contribution in [2.24, 2.45) is 0 Å². The Hall–Kier alpha value is -2.38.